The normalized spacial score (nSPS) is 22.5. The van der Waals surface area contributed by atoms with Gasteiger partial charge in [-0.2, -0.15) is 0 Å². The van der Waals surface area contributed by atoms with E-state index < -0.39 is 22.2 Å². The summed E-state index contributed by atoms with van der Waals surface area (Å²) in [5.41, 5.74) is -0.848. The van der Waals surface area contributed by atoms with Crippen molar-refractivity contribution in [2.45, 2.75) is 26.2 Å². The molecule has 0 aliphatic heterocycles. The highest BCUT2D eigenvalue weighted by molar-refractivity contribution is 5.51. The van der Waals surface area contributed by atoms with Crippen molar-refractivity contribution in [3.05, 3.63) is 33.9 Å². The highest BCUT2D eigenvalue weighted by Gasteiger charge is 2.24. The molecule has 104 valence electrons. The summed E-state index contributed by atoms with van der Waals surface area (Å²) in [7, 11) is 0. The molecular formula is C13H16F2N2O2. The molecule has 0 spiro atoms. The second-order valence-corrected chi connectivity index (χ2v) is 5.09. The lowest BCUT2D eigenvalue weighted by molar-refractivity contribution is -0.385. The fourth-order valence-electron chi connectivity index (χ4n) is 2.59. The second-order valence-electron chi connectivity index (χ2n) is 5.09. The number of benzene rings is 1. The summed E-state index contributed by atoms with van der Waals surface area (Å²) in [6.07, 6.45) is 3.32. The predicted octanol–water partition coefficient (Wildman–Crippen LogP) is 3.72. The van der Waals surface area contributed by atoms with E-state index in [0.717, 1.165) is 31.4 Å². The van der Waals surface area contributed by atoms with Crippen LogP contribution in [0.3, 0.4) is 0 Å². The summed E-state index contributed by atoms with van der Waals surface area (Å²) < 4.78 is 27.3. The molecule has 1 aromatic rings. The summed E-state index contributed by atoms with van der Waals surface area (Å²) in [5, 5.41) is 13.2. The molecule has 19 heavy (non-hydrogen) atoms. The third kappa shape index (κ3) is 3.00. The van der Waals surface area contributed by atoms with E-state index in [1.54, 1.807) is 0 Å². The summed E-state index contributed by atoms with van der Waals surface area (Å²) in [6, 6.07) is 1.48. The van der Waals surface area contributed by atoms with Crippen LogP contribution in [0.25, 0.3) is 0 Å². The maximum atomic E-state index is 13.6. The van der Waals surface area contributed by atoms with Gasteiger partial charge in [0.2, 0.25) is 0 Å². The fourth-order valence-corrected chi connectivity index (χ4v) is 2.59. The Hall–Kier alpha value is -1.72. The molecule has 1 aliphatic carbocycles. The largest absolute Gasteiger partial charge is 0.380 e. The Morgan fingerprint density at radius 3 is 2.47 bits per heavy atom. The Balaban J connectivity index is 2.10. The number of nitro groups is 1. The number of rotatable bonds is 4. The predicted molar refractivity (Wildman–Crippen MR) is 68.0 cm³/mol. The molecule has 0 aromatic heterocycles. The van der Waals surface area contributed by atoms with Crippen LogP contribution in [0.2, 0.25) is 0 Å². The zero-order chi connectivity index (χ0) is 14.0. The molecule has 1 fully saturated rings. The van der Waals surface area contributed by atoms with Crippen molar-refractivity contribution >= 4 is 11.4 Å². The van der Waals surface area contributed by atoms with Crippen LogP contribution in [0.15, 0.2) is 12.1 Å². The van der Waals surface area contributed by atoms with E-state index in [9.17, 15) is 18.9 Å². The van der Waals surface area contributed by atoms with Crippen LogP contribution in [0.4, 0.5) is 20.2 Å². The number of nitrogens with zero attached hydrogens (tertiary/aromatic N) is 1. The quantitative estimate of drug-likeness (QED) is 0.670. The number of non-ortho nitro benzene ring substituents is 1. The number of nitro benzene ring substituents is 1. The molecule has 0 saturated heterocycles. The lowest BCUT2D eigenvalue weighted by Crippen LogP contribution is -2.17. The van der Waals surface area contributed by atoms with E-state index >= 15 is 0 Å². The highest BCUT2D eigenvalue weighted by Crippen LogP contribution is 2.32. The molecule has 1 N–H and O–H groups in total. The number of halogens is 2. The van der Waals surface area contributed by atoms with Gasteiger partial charge < -0.3 is 5.32 Å². The van der Waals surface area contributed by atoms with Gasteiger partial charge >= 0.3 is 0 Å². The Morgan fingerprint density at radius 1 is 1.37 bits per heavy atom. The first-order chi connectivity index (χ1) is 8.99. The lowest BCUT2D eigenvalue weighted by atomic mass is 9.98. The van der Waals surface area contributed by atoms with Crippen LogP contribution >= 0.6 is 0 Å². The maximum Gasteiger partial charge on any atom is 0.275 e. The van der Waals surface area contributed by atoms with Gasteiger partial charge in [0.1, 0.15) is 5.69 Å². The fraction of sp³-hybridized carbons (Fsp3) is 0.538. The second kappa shape index (κ2) is 5.50. The van der Waals surface area contributed by atoms with Gasteiger partial charge in [0.05, 0.1) is 17.1 Å². The zero-order valence-corrected chi connectivity index (χ0v) is 10.7. The van der Waals surface area contributed by atoms with Crippen molar-refractivity contribution in [3.8, 4) is 0 Å². The maximum absolute atomic E-state index is 13.6. The van der Waals surface area contributed by atoms with E-state index in [0.29, 0.717) is 18.4 Å². The van der Waals surface area contributed by atoms with E-state index in [1.807, 2.05) is 0 Å². The summed E-state index contributed by atoms with van der Waals surface area (Å²) in [6.45, 7) is 2.62. The van der Waals surface area contributed by atoms with Crippen molar-refractivity contribution in [1.82, 2.24) is 0 Å². The Morgan fingerprint density at radius 2 is 2.00 bits per heavy atom. The Bertz CT molecular complexity index is 471. The van der Waals surface area contributed by atoms with Gasteiger partial charge in [-0.15, -0.1) is 0 Å². The van der Waals surface area contributed by atoms with E-state index in [-0.39, 0.29) is 5.69 Å². The molecule has 0 radical (unpaired) electrons. The minimum atomic E-state index is -0.919. The summed E-state index contributed by atoms with van der Waals surface area (Å²) in [5.74, 6) is -0.902. The molecule has 0 heterocycles. The van der Waals surface area contributed by atoms with Crippen LogP contribution in [-0.2, 0) is 0 Å². The first-order valence-electron chi connectivity index (χ1n) is 6.36. The minimum absolute atomic E-state index is 0.273. The summed E-state index contributed by atoms with van der Waals surface area (Å²) >= 11 is 0. The zero-order valence-electron chi connectivity index (χ0n) is 10.7. The lowest BCUT2D eigenvalue weighted by Gasteiger charge is -2.17. The summed E-state index contributed by atoms with van der Waals surface area (Å²) in [4.78, 5) is 9.67. The number of nitrogens with one attached hydrogen (secondary N) is 1. The molecule has 1 aromatic carbocycles. The van der Waals surface area contributed by atoms with Crippen LogP contribution in [-0.4, -0.2) is 11.5 Å². The molecule has 1 aliphatic rings. The van der Waals surface area contributed by atoms with Crippen molar-refractivity contribution in [3.63, 3.8) is 0 Å². The monoisotopic (exact) mass is 270 g/mol. The number of anilines is 1. The van der Waals surface area contributed by atoms with Gasteiger partial charge in [-0.05, 0) is 18.3 Å². The van der Waals surface area contributed by atoms with Gasteiger partial charge in [0.15, 0.2) is 11.6 Å². The highest BCUT2D eigenvalue weighted by atomic mass is 19.1. The Kier molecular flexibility index (Phi) is 3.97. The Labute approximate surface area is 110 Å². The van der Waals surface area contributed by atoms with E-state index in [1.165, 1.54) is 0 Å². The molecule has 4 nitrogen and oxygen atoms in total. The first kappa shape index (κ1) is 13.7. The smallest absolute Gasteiger partial charge is 0.275 e. The molecular weight excluding hydrogens is 254 g/mol. The van der Waals surface area contributed by atoms with Crippen molar-refractivity contribution in [1.29, 1.82) is 0 Å². The molecule has 2 unspecified atom stereocenters. The van der Waals surface area contributed by atoms with Crippen molar-refractivity contribution < 1.29 is 13.7 Å². The SMILES string of the molecule is CC1CCCC1CNc1c(F)cc([N+](=O)[O-])cc1F. The number of hydrogen-bond donors (Lipinski definition) is 1. The molecule has 0 bridgehead atoms. The topological polar surface area (TPSA) is 55.2 Å². The van der Waals surface area contributed by atoms with Gasteiger partial charge in [0, 0.05) is 6.54 Å². The first-order valence-corrected chi connectivity index (χ1v) is 6.36. The van der Waals surface area contributed by atoms with Gasteiger partial charge in [-0.1, -0.05) is 19.8 Å². The molecule has 2 rings (SSSR count). The minimum Gasteiger partial charge on any atom is -0.380 e. The standard InChI is InChI=1S/C13H16F2N2O2/c1-8-3-2-4-9(8)7-16-13-11(14)5-10(17(18)19)6-12(13)15/h5-6,8-9,16H,2-4,7H2,1H3. The van der Waals surface area contributed by atoms with Crippen molar-refractivity contribution in [2.24, 2.45) is 11.8 Å². The average molecular weight is 270 g/mol. The molecule has 2 atom stereocenters. The molecule has 6 heteroatoms. The third-order valence-corrected chi connectivity index (χ3v) is 3.82. The van der Waals surface area contributed by atoms with Gasteiger partial charge in [0.25, 0.3) is 5.69 Å². The molecule has 1 saturated carbocycles. The van der Waals surface area contributed by atoms with Crippen molar-refractivity contribution in [2.75, 3.05) is 11.9 Å². The average Bonchev–Trinajstić information content (AvgIpc) is 2.73. The van der Waals surface area contributed by atoms with Gasteiger partial charge in [-0.25, -0.2) is 8.78 Å². The molecule has 0 amide bonds. The van der Waals surface area contributed by atoms with Gasteiger partial charge in [-0.3, -0.25) is 10.1 Å². The van der Waals surface area contributed by atoms with Crippen LogP contribution in [0.1, 0.15) is 26.2 Å². The van der Waals surface area contributed by atoms with E-state index in [2.05, 4.69) is 12.2 Å². The third-order valence-electron chi connectivity index (χ3n) is 3.82. The van der Waals surface area contributed by atoms with Crippen LogP contribution in [0.5, 0.6) is 0 Å². The van der Waals surface area contributed by atoms with Crippen LogP contribution in [0, 0.1) is 33.6 Å². The van der Waals surface area contributed by atoms with Crippen LogP contribution < -0.4 is 5.32 Å². The van der Waals surface area contributed by atoms with E-state index in [4.69, 9.17) is 0 Å². The number of hydrogen-bond acceptors (Lipinski definition) is 3.